The number of aromatic carboxylic acids is 1. The van der Waals surface area contributed by atoms with Crippen LogP contribution in [0.15, 0.2) is 28.8 Å². The maximum Gasteiger partial charge on any atom is 0.335 e. The maximum absolute atomic E-state index is 10.8. The topological polar surface area (TPSA) is 83.6 Å². The van der Waals surface area contributed by atoms with Gasteiger partial charge in [-0.2, -0.15) is 0 Å². The van der Waals surface area contributed by atoms with Gasteiger partial charge in [0.2, 0.25) is 0 Å². The quantitative estimate of drug-likeness (QED) is 0.845. The average molecular weight is 233 g/mol. The summed E-state index contributed by atoms with van der Waals surface area (Å²) in [4.78, 5) is 10.8. The molecule has 0 bridgehead atoms. The van der Waals surface area contributed by atoms with Crippen molar-refractivity contribution in [2.75, 3.05) is 0 Å². The fourth-order valence-corrected chi connectivity index (χ4v) is 1.60. The molecule has 1 aromatic carbocycles. The molecular formula is C12H11NO4. The van der Waals surface area contributed by atoms with Gasteiger partial charge in [-0.3, -0.25) is 0 Å². The van der Waals surface area contributed by atoms with E-state index in [2.05, 4.69) is 5.16 Å². The molecule has 1 heterocycles. The van der Waals surface area contributed by atoms with Crippen LogP contribution in [0.25, 0.3) is 11.3 Å². The van der Waals surface area contributed by atoms with E-state index in [1.807, 2.05) is 0 Å². The Morgan fingerprint density at radius 2 is 2.24 bits per heavy atom. The molecule has 0 aliphatic heterocycles. The third-order valence-corrected chi connectivity index (χ3v) is 2.51. The number of benzene rings is 1. The van der Waals surface area contributed by atoms with Crippen LogP contribution in [-0.4, -0.2) is 21.3 Å². The molecule has 2 N–H and O–H groups in total. The van der Waals surface area contributed by atoms with Crippen LogP contribution in [0.3, 0.4) is 0 Å². The van der Waals surface area contributed by atoms with Crippen LogP contribution in [0, 0.1) is 6.92 Å². The minimum Gasteiger partial charge on any atom is -0.478 e. The predicted molar refractivity (Wildman–Crippen MR) is 59.6 cm³/mol. The molecule has 0 saturated carbocycles. The summed E-state index contributed by atoms with van der Waals surface area (Å²) >= 11 is 0. The standard InChI is InChI=1S/C12H11NO4/c1-7-10(6-14)11(17-13-7)8-3-2-4-9(5-8)12(15)16/h2-5,14H,6H2,1H3,(H,15,16). The van der Waals surface area contributed by atoms with E-state index in [4.69, 9.17) is 9.63 Å². The lowest BCUT2D eigenvalue weighted by molar-refractivity contribution is 0.0697. The first-order valence-electron chi connectivity index (χ1n) is 5.03. The minimum atomic E-state index is -1.01. The van der Waals surface area contributed by atoms with Gasteiger partial charge in [0.15, 0.2) is 5.76 Å². The zero-order chi connectivity index (χ0) is 12.4. The van der Waals surface area contributed by atoms with Crippen molar-refractivity contribution in [2.45, 2.75) is 13.5 Å². The molecule has 5 nitrogen and oxygen atoms in total. The van der Waals surface area contributed by atoms with Crippen molar-refractivity contribution in [3.63, 3.8) is 0 Å². The Bertz CT molecular complexity index is 559. The van der Waals surface area contributed by atoms with E-state index in [1.54, 1.807) is 19.1 Å². The molecule has 88 valence electrons. The summed E-state index contributed by atoms with van der Waals surface area (Å²) in [7, 11) is 0. The SMILES string of the molecule is Cc1noc(-c2cccc(C(=O)O)c2)c1CO. The van der Waals surface area contributed by atoms with Crippen LogP contribution in [0.5, 0.6) is 0 Å². The Labute approximate surface area is 97.3 Å². The van der Waals surface area contributed by atoms with Gasteiger partial charge in [0.25, 0.3) is 0 Å². The van der Waals surface area contributed by atoms with Gasteiger partial charge in [0.05, 0.1) is 17.9 Å². The van der Waals surface area contributed by atoms with Gasteiger partial charge in [0, 0.05) is 11.1 Å². The summed E-state index contributed by atoms with van der Waals surface area (Å²) in [6.07, 6.45) is 0. The number of aliphatic hydroxyl groups excluding tert-OH is 1. The Morgan fingerprint density at radius 1 is 1.47 bits per heavy atom. The fourth-order valence-electron chi connectivity index (χ4n) is 1.60. The molecule has 1 aromatic heterocycles. The lowest BCUT2D eigenvalue weighted by Gasteiger charge is -2.00. The molecule has 0 aliphatic carbocycles. The number of carboxylic acid groups (broad SMARTS) is 1. The molecule has 0 spiro atoms. The zero-order valence-corrected chi connectivity index (χ0v) is 9.17. The molecule has 2 aromatic rings. The number of carboxylic acids is 1. The Hall–Kier alpha value is -2.14. The van der Waals surface area contributed by atoms with Crippen LogP contribution < -0.4 is 0 Å². The molecule has 2 rings (SSSR count). The molecule has 5 heteroatoms. The molecule has 0 unspecified atom stereocenters. The van der Waals surface area contributed by atoms with E-state index in [1.165, 1.54) is 12.1 Å². The van der Waals surface area contributed by atoms with Gasteiger partial charge in [-0.1, -0.05) is 17.3 Å². The first-order valence-corrected chi connectivity index (χ1v) is 5.03. The summed E-state index contributed by atoms with van der Waals surface area (Å²) in [5.41, 5.74) is 1.94. The van der Waals surface area contributed by atoms with Crippen LogP contribution in [-0.2, 0) is 6.61 Å². The molecule has 0 radical (unpaired) electrons. The molecular weight excluding hydrogens is 222 g/mol. The molecule has 0 saturated heterocycles. The van der Waals surface area contributed by atoms with E-state index >= 15 is 0 Å². The first kappa shape index (κ1) is 11.3. The largest absolute Gasteiger partial charge is 0.478 e. The van der Waals surface area contributed by atoms with Crippen LogP contribution in [0.2, 0.25) is 0 Å². The van der Waals surface area contributed by atoms with Crippen molar-refractivity contribution in [2.24, 2.45) is 0 Å². The van der Waals surface area contributed by atoms with Crippen molar-refractivity contribution < 1.29 is 19.5 Å². The van der Waals surface area contributed by atoms with Crippen molar-refractivity contribution in [3.05, 3.63) is 41.1 Å². The predicted octanol–water partition coefficient (Wildman–Crippen LogP) is 1.84. The third-order valence-electron chi connectivity index (χ3n) is 2.51. The number of carbonyl (C=O) groups is 1. The second-order valence-corrected chi connectivity index (χ2v) is 3.62. The van der Waals surface area contributed by atoms with E-state index in [9.17, 15) is 9.90 Å². The molecule has 0 atom stereocenters. The molecule has 0 fully saturated rings. The number of hydrogen-bond donors (Lipinski definition) is 2. The first-order chi connectivity index (χ1) is 8.13. The highest BCUT2D eigenvalue weighted by Gasteiger charge is 2.15. The Kier molecular flexibility index (Phi) is 2.93. The van der Waals surface area contributed by atoms with Crippen molar-refractivity contribution >= 4 is 5.97 Å². The maximum atomic E-state index is 10.8. The Morgan fingerprint density at radius 3 is 2.88 bits per heavy atom. The number of aromatic nitrogens is 1. The Balaban J connectivity index is 2.52. The third kappa shape index (κ3) is 2.05. The second-order valence-electron chi connectivity index (χ2n) is 3.62. The number of hydrogen-bond acceptors (Lipinski definition) is 4. The average Bonchev–Trinajstić information content (AvgIpc) is 2.70. The van der Waals surface area contributed by atoms with Crippen LogP contribution in [0.4, 0.5) is 0 Å². The fraction of sp³-hybridized carbons (Fsp3) is 0.167. The van der Waals surface area contributed by atoms with Crippen LogP contribution in [0.1, 0.15) is 21.6 Å². The van der Waals surface area contributed by atoms with E-state index < -0.39 is 5.97 Å². The number of nitrogens with zero attached hydrogens (tertiary/aromatic N) is 1. The number of rotatable bonds is 3. The highest BCUT2D eigenvalue weighted by Crippen LogP contribution is 2.26. The lowest BCUT2D eigenvalue weighted by Crippen LogP contribution is -1.96. The van der Waals surface area contributed by atoms with Crippen molar-refractivity contribution in [1.82, 2.24) is 5.16 Å². The van der Waals surface area contributed by atoms with E-state index in [-0.39, 0.29) is 12.2 Å². The van der Waals surface area contributed by atoms with Gasteiger partial charge in [-0.25, -0.2) is 4.79 Å². The normalized spacial score (nSPS) is 10.5. The summed E-state index contributed by atoms with van der Waals surface area (Å²) < 4.78 is 5.10. The summed E-state index contributed by atoms with van der Waals surface area (Å²) in [6.45, 7) is 1.53. The minimum absolute atomic E-state index is 0.167. The van der Waals surface area contributed by atoms with Gasteiger partial charge in [-0.15, -0.1) is 0 Å². The summed E-state index contributed by atoms with van der Waals surface area (Å²) in [6, 6.07) is 6.32. The highest BCUT2D eigenvalue weighted by molar-refractivity contribution is 5.89. The van der Waals surface area contributed by atoms with Crippen molar-refractivity contribution in [3.8, 4) is 11.3 Å². The van der Waals surface area contributed by atoms with Gasteiger partial charge in [0.1, 0.15) is 0 Å². The van der Waals surface area contributed by atoms with E-state index in [0.717, 1.165) is 0 Å². The smallest absolute Gasteiger partial charge is 0.335 e. The monoisotopic (exact) mass is 233 g/mol. The van der Waals surface area contributed by atoms with Crippen molar-refractivity contribution in [1.29, 1.82) is 0 Å². The second kappa shape index (κ2) is 4.39. The van der Waals surface area contributed by atoms with Crippen LogP contribution >= 0.6 is 0 Å². The summed E-state index contributed by atoms with van der Waals surface area (Å²) in [5, 5.41) is 21.9. The van der Waals surface area contributed by atoms with Gasteiger partial charge < -0.3 is 14.7 Å². The molecule has 0 aliphatic rings. The zero-order valence-electron chi connectivity index (χ0n) is 9.17. The highest BCUT2D eigenvalue weighted by atomic mass is 16.5. The van der Waals surface area contributed by atoms with Gasteiger partial charge >= 0.3 is 5.97 Å². The number of aliphatic hydroxyl groups is 1. The van der Waals surface area contributed by atoms with E-state index in [0.29, 0.717) is 22.6 Å². The molecule has 0 amide bonds. The summed E-state index contributed by atoms with van der Waals surface area (Å²) in [5.74, 6) is -0.596. The lowest BCUT2D eigenvalue weighted by atomic mass is 10.0. The molecule has 17 heavy (non-hydrogen) atoms. The number of aryl methyl sites for hydroxylation is 1. The van der Waals surface area contributed by atoms with Gasteiger partial charge in [-0.05, 0) is 19.1 Å².